The molecule has 8 nitrogen and oxygen atoms in total. The van der Waals surface area contributed by atoms with Crippen LogP contribution in [0.15, 0.2) is 46.2 Å². The normalized spacial score (nSPS) is 10.8. The van der Waals surface area contributed by atoms with Crippen LogP contribution >= 0.6 is 11.8 Å². The monoisotopic (exact) mass is 421 g/mol. The number of amides is 2. The van der Waals surface area contributed by atoms with Gasteiger partial charge in [-0.25, -0.2) is 8.78 Å². The molecule has 0 atom stereocenters. The molecule has 152 valence electrons. The van der Waals surface area contributed by atoms with Gasteiger partial charge in [0.15, 0.2) is 16.8 Å². The smallest absolute Gasteiger partial charge is 0.234 e. The molecule has 2 heterocycles. The summed E-state index contributed by atoms with van der Waals surface area (Å²) in [7, 11) is 0. The second-order valence-electron chi connectivity index (χ2n) is 6.00. The molecule has 0 spiro atoms. The molecule has 1 aromatic carbocycles. The lowest BCUT2D eigenvalue weighted by Gasteiger charge is -2.09. The average molecular weight is 421 g/mol. The van der Waals surface area contributed by atoms with Crippen molar-refractivity contribution in [3.05, 3.63) is 59.8 Å². The van der Waals surface area contributed by atoms with E-state index in [1.165, 1.54) is 12.3 Å². The molecule has 2 amide bonds. The molecule has 0 bridgehead atoms. The number of nitrogens with two attached hydrogens (primary N) is 1. The summed E-state index contributed by atoms with van der Waals surface area (Å²) in [6, 6.07) is 6.62. The fourth-order valence-electron chi connectivity index (χ4n) is 2.46. The molecule has 0 aliphatic carbocycles. The van der Waals surface area contributed by atoms with Gasteiger partial charge in [-0.15, -0.1) is 10.2 Å². The predicted octanol–water partition coefficient (Wildman–Crippen LogP) is 2.35. The van der Waals surface area contributed by atoms with E-state index in [0.29, 0.717) is 29.7 Å². The Bertz CT molecular complexity index is 1010. The summed E-state index contributed by atoms with van der Waals surface area (Å²) in [5.41, 5.74) is 5.35. The SMILES string of the molecule is NC(=O)CCc1nnc(SCC(=O)Nc2ccc(F)c(F)c2)n1Cc1ccco1. The predicted molar refractivity (Wildman–Crippen MR) is 101 cm³/mol. The van der Waals surface area contributed by atoms with Crippen molar-refractivity contribution in [2.75, 3.05) is 11.1 Å². The highest BCUT2D eigenvalue weighted by atomic mass is 32.2. The van der Waals surface area contributed by atoms with Crippen molar-refractivity contribution < 1.29 is 22.8 Å². The van der Waals surface area contributed by atoms with Crippen molar-refractivity contribution >= 4 is 29.3 Å². The van der Waals surface area contributed by atoms with Crippen LogP contribution in [0.25, 0.3) is 0 Å². The number of nitrogens with one attached hydrogen (secondary N) is 1. The topological polar surface area (TPSA) is 116 Å². The van der Waals surface area contributed by atoms with Gasteiger partial charge in [-0.1, -0.05) is 11.8 Å². The van der Waals surface area contributed by atoms with Gasteiger partial charge in [0, 0.05) is 24.6 Å². The molecular weight excluding hydrogens is 404 g/mol. The number of hydrogen-bond acceptors (Lipinski definition) is 6. The Labute approximate surface area is 168 Å². The number of aromatic nitrogens is 3. The van der Waals surface area contributed by atoms with E-state index in [0.717, 1.165) is 23.9 Å². The number of aryl methyl sites for hydroxylation is 1. The molecule has 3 rings (SSSR count). The second-order valence-corrected chi connectivity index (χ2v) is 6.94. The highest BCUT2D eigenvalue weighted by Crippen LogP contribution is 2.21. The van der Waals surface area contributed by atoms with Crippen molar-refractivity contribution in [3.8, 4) is 0 Å². The zero-order valence-corrected chi connectivity index (χ0v) is 15.9. The standard InChI is InChI=1S/C18H17F2N5O3S/c19-13-4-3-11(8-14(13)20)22-17(27)10-29-18-24-23-16(6-5-15(21)26)25(18)9-12-2-1-7-28-12/h1-4,7-8H,5-6,9-10H2,(H2,21,26)(H,22,27). The number of carbonyl (C=O) groups is 2. The van der Waals surface area contributed by atoms with E-state index in [2.05, 4.69) is 15.5 Å². The van der Waals surface area contributed by atoms with Crippen LogP contribution in [0.5, 0.6) is 0 Å². The maximum atomic E-state index is 13.3. The number of thioether (sulfide) groups is 1. The fraction of sp³-hybridized carbons (Fsp3) is 0.222. The van der Waals surface area contributed by atoms with Gasteiger partial charge >= 0.3 is 0 Å². The van der Waals surface area contributed by atoms with Crippen LogP contribution < -0.4 is 11.1 Å². The molecular formula is C18H17F2N5O3S. The number of benzene rings is 1. The molecule has 0 fully saturated rings. The van der Waals surface area contributed by atoms with Gasteiger partial charge in [-0.05, 0) is 24.3 Å². The zero-order valence-electron chi connectivity index (χ0n) is 15.1. The maximum Gasteiger partial charge on any atom is 0.234 e. The van der Waals surface area contributed by atoms with E-state index in [1.807, 2.05) is 0 Å². The fourth-order valence-corrected chi connectivity index (χ4v) is 3.22. The Morgan fingerprint density at radius 3 is 2.72 bits per heavy atom. The first-order valence-corrected chi connectivity index (χ1v) is 9.51. The van der Waals surface area contributed by atoms with Crippen LogP contribution in [-0.2, 0) is 22.6 Å². The number of hydrogen-bond donors (Lipinski definition) is 2. The van der Waals surface area contributed by atoms with Crippen LogP contribution in [-0.4, -0.2) is 32.3 Å². The van der Waals surface area contributed by atoms with Crippen LogP contribution in [0.1, 0.15) is 18.0 Å². The van der Waals surface area contributed by atoms with Crippen molar-refractivity contribution in [2.24, 2.45) is 5.73 Å². The van der Waals surface area contributed by atoms with Crippen LogP contribution in [0.3, 0.4) is 0 Å². The molecule has 11 heteroatoms. The van der Waals surface area contributed by atoms with Gasteiger partial charge in [0.25, 0.3) is 0 Å². The number of halogens is 2. The van der Waals surface area contributed by atoms with Gasteiger partial charge < -0.3 is 15.5 Å². The number of carbonyl (C=O) groups excluding carboxylic acids is 2. The largest absolute Gasteiger partial charge is 0.467 e. The summed E-state index contributed by atoms with van der Waals surface area (Å²) in [6.07, 6.45) is 1.94. The Balaban J connectivity index is 1.67. The van der Waals surface area contributed by atoms with Crippen LogP contribution in [0.2, 0.25) is 0 Å². The van der Waals surface area contributed by atoms with Gasteiger partial charge in [0.05, 0.1) is 18.6 Å². The van der Waals surface area contributed by atoms with Crippen molar-refractivity contribution in [3.63, 3.8) is 0 Å². The van der Waals surface area contributed by atoms with Gasteiger partial charge in [-0.3, -0.25) is 14.2 Å². The molecule has 0 radical (unpaired) electrons. The zero-order chi connectivity index (χ0) is 20.8. The van der Waals surface area contributed by atoms with Gasteiger partial charge in [0.1, 0.15) is 11.6 Å². The van der Waals surface area contributed by atoms with Crippen LogP contribution in [0.4, 0.5) is 14.5 Å². The minimum Gasteiger partial charge on any atom is -0.467 e. The molecule has 0 aliphatic rings. The summed E-state index contributed by atoms with van der Waals surface area (Å²) >= 11 is 1.11. The summed E-state index contributed by atoms with van der Waals surface area (Å²) in [5, 5.41) is 11.1. The molecule has 0 saturated heterocycles. The highest BCUT2D eigenvalue weighted by molar-refractivity contribution is 7.99. The third-order valence-corrected chi connectivity index (χ3v) is 4.78. The van der Waals surface area contributed by atoms with Crippen LogP contribution in [0, 0.1) is 11.6 Å². The lowest BCUT2D eigenvalue weighted by atomic mass is 10.3. The van der Waals surface area contributed by atoms with E-state index < -0.39 is 23.4 Å². The van der Waals surface area contributed by atoms with Gasteiger partial charge in [-0.2, -0.15) is 0 Å². The minimum absolute atomic E-state index is 0.0366. The number of furan rings is 1. The summed E-state index contributed by atoms with van der Waals surface area (Å²) in [5.74, 6) is -1.78. The quantitative estimate of drug-likeness (QED) is 0.513. The van der Waals surface area contributed by atoms with Crippen molar-refractivity contribution in [1.29, 1.82) is 0 Å². The van der Waals surface area contributed by atoms with E-state index >= 15 is 0 Å². The van der Waals surface area contributed by atoms with E-state index in [1.54, 1.807) is 16.7 Å². The average Bonchev–Trinajstić information content (AvgIpc) is 3.32. The molecule has 3 aromatic rings. The van der Waals surface area contributed by atoms with Crippen molar-refractivity contribution in [1.82, 2.24) is 14.8 Å². The number of rotatable bonds is 9. The first-order chi connectivity index (χ1) is 13.9. The Morgan fingerprint density at radius 1 is 1.21 bits per heavy atom. The van der Waals surface area contributed by atoms with E-state index in [4.69, 9.17) is 10.2 Å². The Hall–Kier alpha value is -3.21. The molecule has 0 saturated carbocycles. The number of nitrogens with zero attached hydrogens (tertiary/aromatic N) is 3. The lowest BCUT2D eigenvalue weighted by molar-refractivity contribution is -0.118. The molecule has 3 N–H and O–H groups in total. The lowest BCUT2D eigenvalue weighted by Crippen LogP contribution is -2.16. The first-order valence-electron chi connectivity index (χ1n) is 8.53. The first kappa shape index (κ1) is 20.5. The molecule has 0 unspecified atom stereocenters. The summed E-state index contributed by atoms with van der Waals surface area (Å²) in [4.78, 5) is 23.2. The number of primary amides is 1. The molecule has 0 aliphatic heterocycles. The number of anilines is 1. The maximum absolute atomic E-state index is 13.3. The molecule has 2 aromatic heterocycles. The Kier molecular flexibility index (Phi) is 6.60. The third-order valence-electron chi connectivity index (χ3n) is 3.82. The van der Waals surface area contributed by atoms with E-state index in [-0.39, 0.29) is 17.9 Å². The molecule has 29 heavy (non-hydrogen) atoms. The second kappa shape index (κ2) is 9.32. The van der Waals surface area contributed by atoms with Gasteiger partial charge in [0.2, 0.25) is 11.8 Å². The summed E-state index contributed by atoms with van der Waals surface area (Å²) < 4.78 is 33.3. The highest BCUT2D eigenvalue weighted by Gasteiger charge is 2.16. The van der Waals surface area contributed by atoms with Crippen molar-refractivity contribution in [2.45, 2.75) is 24.5 Å². The minimum atomic E-state index is -1.05. The van der Waals surface area contributed by atoms with E-state index in [9.17, 15) is 18.4 Å². The summed E-state index contributed by atoms with van der Waals surface area (Å²) in [6.45, 7) is 0.321. The Morgan fingerprint density at radius 2 is 2.03 bits per heavy atom. The third kappa shape index (κ3) is 5.64.